The first kappa shape index (κ1) is 14.9. The van der Waals surface area contributed by atoms with Crippen LogP contribution in [-0.2, 0) is 4.79 Å². The summed E-state index contributed by atoms with van der Waals surface area (Å²) in [5.41, 5.74) is 0.246. The molecule has 2 N–H and O–H groups in total. The largest absolute Gasteiger partial charge is 0.354 e. The van der Waals surface area contributed by atoms with Crippen molar-refractivity contribution in [2.45, 2.75) is 12.5 Å². The second-order valence-corrected chi connectivity index (χ2v) is 6.17. The van der Waals surface area contributed by atoms with E-state index in [0.717, 1.165) is 11.3 Å². The number of thiazole rings is 1. The van der Waals surface area contributed by atoms with E-state index in [4.69, 9.17) is 11.6 Å². The van der Waals surface area contributed by atoms with E-state index >= 15 is 0 Å². The molecular formula is C14H11ClFN3O2S. The van der Waals surface area contributed by atoms with E-state index in [1.54, 1.807) is 12.1 Å². The van der Waals surface area contributed by atoms with Crippen LogP contribution in [0.5, 0.6) is 0 Å². The highest BCUT2D eigenvalue weighted by Crippen LogP contribution is 2.30. The first-order valence-corrected chi connectivity index (χ1v) is 7.74. The van der Waals surface area contributed by atoms with Crippen molar-refractivity contribution in [3.63, 3.8) is 0 Å². The van der Waals surface area contributed by atoms with Gasteiger partial charge in [0.05, 0.1) is 11.2 Å². The van der Waals surface area contributed by atoms with Gasteiger partial charge in [-0.05, 0) is 18.6 Å². The number of aromatic nitrogens is 1. The fourth-order valence-corrected chi connectivity index (χ4v) is 3.15. The predicted octanol–water partition coefficient (Wildman–Crippen LogP) is 2.22. The monoisotopic (exact) mass is 339 g/mol. The Balaban J connectivity index is 1.80. The van der Waals surface area contributed by atoms with Gasteiger partial charge in [-0.15, -0.1) is 11.3 Å². The number of hydrogen-bond acceptors (Lipinski definition) is 4. The van der Waals surface area contributed by atoms with E-state index in [0.29, 0.717) is 22.9 Å². The van der Waals surface area contributed by atoms with Gasteiger partial charge in [0.25, 0.3) is 5.91 Å². The summed E-state index contributed by atoms with van der Waals surface area (Å²) in [6, 6.07) is 4.08. The molecular weight excluding hydrogens is 329 g/mol. The second kappa shape index (κ2) is 6.02. The summed E-state index contributed by atoms with van der Waals surface area (Å²) in [6.07, 6.45) is 1.92. The molecule has 114 valence electrons. The second-order valence-electron chi connectivity index (χ2n) is 4.74. The Morgan fingerprint density at radius 3 is 3.05 bits per heavy atom. The van der Waals surface area contributed by atoms with Gasteiger partial charge >= 0.3 is 0 Å². The van der Waals surface area contributed by atoms with Gasteiger partial charge in [-0.1, -0.05) is 17.7 Å². The predicted molar refractivity (Wildman–Crippen MR) is 81.4 cm³/mol. The number of halogens is 2. The Hall–Kier alpha value is -1.99. The zero-order chi connectivity index (χ0) is 15.7. The van der Waals surface area contributed by atoms with E-state index in [2.05, 4.69) is 15.6 Å². The number of hydrogen-bond donors (Lipinski definition) is 2. The maximum absolute atomic E-state index is 14.0. The highest BCUT2D eigenvalue weighted by atomic mass is 35.5. The summed E-state index contributed by atoms with van der Waals surface area (Å²) in [5, 5.41) is 5.64. The molecule has 1 aliphatic rings. The molecule has 2 heterocycles. The average Bonchev–Trinajstić information content (AvgIpc) is 3.12. The van der Waals surface area contributed by atoms with Crippen LogP contribution in [-0.4, -0.2) is 29.4 Å². The molecule has 2 aromatic rings. The van der Waals surface area contributed by atoms with E-state index < -0.39 is 17.8 Å². The van der Waals surface area contributed by atoms with E-state index in [9.17, 15) is 14.0 Å². The average molecular weight is 340 g/mol. The molecule has 3 rings (SSSR count). The Kier molecular flexibility index (Phi) is 4.08. The van der Waals surface area contributed by atoms with Crippen LogP contribution in [0.2, 0.25) is 5.02 Å². The van der Waals surface area contributed by atoms with Gasteiger partial charge in [0, 0.05) is 12.1 Å². The Morgan fingerprint density at radius 2 is 2.32 bits per heavy atom. The van der Waals surface area contributed by atoms with Gasteiger partial charge < -0.3 is 10.6 Å². The van der Waals surface area contributed by atoms with Crippen molar-refractivity contribution in [2.24, 2.45) is 0 Å². The minimum Gasteiger partial charge on any atom is -0.354 e. The smallest absolute Gasteiger partial charge is 0.263 e. The summed E-state index contributed by atoms with van der Waals surface area (Å²) in [4.78, 5) is 27.9. The number of rotatable bonds is 3. The molecule has 1 aromatic carbocycles. The molecule has 8 heteroatoms. The van der Waals surface area contributed by atoms with Crippen LogP contribution >= 0.6 is 22.9 Å². The highest BCUT2D eigenvalue weighted by Gasteiger charge is 2.26. The summed E-state index contributed by atoms with van der Waals surface area (Å²) >= 11 is 6.79. The van der Waals surface area contributed by atoms with Crippen molar-refractivity contribution in [3.8, 4) is 10.6 Å². The van der Waals surface area contributed by atoms with Gasteiger partial charge in [0.1, 0.15) is 15.9 Å². The van der Waals surface area contributed by atoms with Crippen molar-refractivity contribution < 1.29 is 14.0 Å². The number of nitrogens with one attached hydrogen (secondary N) is 2. The number of nitrogens with zero attached hydrogens (tertiary/aromatic N) is 1. The van der Waals surface area contributed by atoms with Crippen LogP contribution in [0.25, 0.3) is 10.6 Å². The quantitative estimate of drug-likeness (QED) is 0.900. The zero-order valence-electron chi connectivity index (χ0n) is 11.2. The fourth-order valence-electron chi connectivity index (χ4n) is 2.13. The maximum atomic E-state index is 14.0. The maximum Gasteiger partial charge on any atom is 0.263 e. The van der Waals surface area contributed by atoms with Crippen LogP contribution < -0.4 is 10.6 Å². The molecule has 22 heavy (non-hydrogen) atoms. The lowest BCUT2D eigenvalue weighted by atomic mass is 10.2. The summed E-state index contributed by atoms with van der Waals surface area (Å²) in [5.74, 6) is -1.16. The van der Waals surface area contributed by atoms with E-state index in [1.807, 2.05) is 0 Å². The fraction of sp³-hybridized carbons (Fsp3) is 0.214. The Morgan fingerprint density at radius 1 is 1.50 bits per heavy atom. The lowest BCUT2D eigenvalue weighted by Crippen LogP contribution is -2.39. The first-order chi connectivity index (χ1) is 10.6. The SMILES string of the molecule is O=C(NC1CCNC1=O)c1cnc(-c2cccc(Cl)c2F)s1. The number of amides is 2. The normalized spacial score (nSPS) is 17.4. The van der Waals surface area contributed by atoms with Crippen molar-refractivity contribution in [2.75, 3.05) is 6.54 Å². The molecule has 5 nitrogen and oxygen atoms in total. The molecule has 1 fully saturated rings. The van der Waals surface area contributed by atoms with E-state index in [1.165, 1.54) is 12.3 Å². The minimum absolute atomic E-state index is 0.00123. The van der Waals surface area contributed by atoms with Crippen LogP contribution in [0.15, 0.2) is 24.4 Å². The molecule has 1 atom stereocenters. The molecule has 0 aliphatic carbocycles. The molecule has 1 aromatic heterocycles. The molecule has 0 spiro atoms. The zero-order valence-corrected chi connectivity index (χ0v) is 12.8. The van der Waals surface area contributed by atoms with Crippen molar-refractivity contribution in [1.29, 1.82) is 0 Å². The van der Waals surface area contributed by atoms with Crippen molar-refractivity contribution in [3.05, 3.63) is 40.1 Å². The lowest BCUT2D eigenvalue weighted by molar-refractivity contribution is -0.120. The standard InChI is InChI=1S/C14H11ClFN3O2S/c15-8-3-1-2-7(11(8)16)14-18-6-10(22-14)13(21)19-9-4-5-17-12(9)20/h1-3,6,9H,4-5H2,(H,17,20)(H,19,21). The lowest BCUT2D eigenvalue weighted by Gasteiger charge is -2.07. The van der Waals surface area contributed by atoms with Gasteiger partial charge in [-0.25, -0.2) is 9.37 Å². The Labute approximate surface area is 134 Å². The summed E-state index contributed by atoms with van der Waals surface area (Å²) in [7, 11) is 0. The summed E-state index contributed by atoms with van der Waals surface area (Å²) < 4.78 is 14.0. The number of benzene rings is 1. The van der Waals surface area contributed by atoms with Gasteiger partial charge in [0.15, 0.2) is 5.82 Å². The third-order valence-corrected chi connectivity index (χ3v) is 4.59. The molecule has 1 aliphatic heterocycles. The molecule has 1 unspecified atom stereocenters. The first-order valence-electron chi connectivity index (χ1n) is 6.55. The van der Waals surface area contributed by atoms with Gasteiger partial charge in [-0.3, -0.25) is 9.59 Å². The minimum atomic E-state index is -0.569. The van der Waals surface area contributed by atoms with Crippen molar-refractivity contribution >= 4 is 34.8 Å². The summed E-state index contributed by atoms with van der Waals surface area (Å²) in [6.45, 7) is 0.547. The molecule has 0 bridgehead atoms. The van der Waals surface area contributed by atoms with E-state index in [-0.39, 0.29) is 16.5 Å². The van der Waals surface area contributed by atoms with Crippen LogP contribution in [0.1, 0.15) is 16.1 Å². The van der Waals surface area contributed by atoms with Gasteiger partial charge in [-0.2, -0.15) is 0 Å². The van der Waals surface area contributed by atoms with Crippen LogP contribution in [0.3, 0.4) is 0 Å². The molecule has 0 saturated carbocycles. The van der Waals surface area contributed by atoms with Crippen LogP contribution in [0, 0.1) is 5.82 Å². The van der Waals surface area contributed by atoms with Crippen LogP contribution in [0.4, 0.5) is 4.39 Å². The molecule has 1 saturated heterocycles. The number of carbonyl (C=O) groups excluding carboxylic acids is 2. The topological polar surface area (TPSA) is 71.1 Å². The molecule has 2 amide bonds. The Bertz CT molecular complexity index is 749. The highest BCUT2D eigenvalue weighted by molar-refractivity contribution is 7.16. The third-order valence-electron chi connectivity index (χ3n) is 3.27. The van der Waals surface area contributed by atoms with Gasteiger partial charge in [0.2, 0.25) is 5.91 Å². The third kappa shape index (κ3) is 2.82. The molecule has 0 radical (unpaired) electrons. The van der Waals surface area contributed by atoms with Crippen molar-refractivity contribution in [1.82, 2.24) is 15.6 Å². The number of carbonyl (C=O) groups is 2.